The van der Waals surface area contributed by atoms with Gasteiger partial charge >= 0.3 is 0 Å². The molecule has 19 heavy (non-hydrogen) atoms. The fraction of sp³-hybridized carbons (Fsp3) is 0.562. The van der Waals surface area contributed by atoms with Crippen molar-refractivity contribution >= 4 is 11.6 Å². The third-order valence-electron chi connectivity index (χ3n) is 3.63. The number of hydrogen-bond donors (Lipinski definition) is 2. The Bertz CT molecular complexity index is 400. The molecular formula is C16H24N2O. The van der Waals surface area contributed by atoms with Crippen LogP contribution in [0.25, 0.3) is 0 Å². The van der Waals surface area contributed by atoms with Crippen LogP contribution in [-0.4, -0.2) is 18.5 Å². The standard InChI is InChI=1S/C16H24N2O/c1-2-3-5-13-7-9-14(10-8-13)18-15-6-4-11-17-16(19)12-15/h7-10,15,18H,2-6,11-12H2,1H3,(H,17,19). The van der Waals surface area contributed by atoms with Crippen molar-refractivity contribution in [2.24, 2.45) is 0 Å². The second-order valence-corrected chi connectivity index (χ2v) is 5.34. The maximum atomic E-state index is 11.5. The Balaban J connectivity index is 1.89. The molecule has 104 valence electrons. The van der Waals surface area contributed by atoms with Crippen LogP contribution in [0.4, 0.5) is 5.69 Å². The molecule has 1 unspecified atom stereocenters. The maximum Gasteiger partial charge on any atom is 0.222 e. The summed E-state index contributed by atoms with van der Waals surface area (Å²) in [6, 6.07) is 8.91. The molecule has 1 atom stereocenters. The molecule has 0 radical (unpaired) electrons. The van der Waals surface area contributed by atoms with Crippen LogP contribution in [0.5, 0.6) is 0 Å². The molecule has 1 aromatic rings. The summed E-state index contributed by atoms with van der Waals surface area (Å²) in [6.07, 6.45) is 6.32. The summed E-state index contributed by atoms with van der Waals surface area (Å²) in [7, 11) is 0. The molecule has 1 fully saturated rings. The highest BCUT2D eigenvalue weighted by Gasteiger charge is 2.16. The van der Waals surface area contributed by atoms with E-state index in [2.05, 4.69) is 41.8 Å². The van der Waals surface area contributed by atoms with Crippen molar-refractivity contribution in [1.29, 1.82) is 0 Å². The van der Waals surface area contributed by atoms with Crippen LogP contribution < -0.4 is 10.6 Å². The number of carbonyl (C=O) groups excluding carboxylic acids is 1. The van der Waals surface area contributed by atoms with Crippen LogP contribution in [0.2, 0.25) is 0 Å². The van der Waals surface area contributed by atoms with E-state index in [9.17, 15) is 4.79 Å². The monoisotopic (exact) mass is 260 g/mol. The zero-order chi connectivity index (χ0) is 13.5. The largest absolute Gasteiger partial charge is 0.382 e. The summed E-state index contributed by atoms with van der Waals surface area (Å²) in [5, 5.41) is 6.39. The quantitative estimate of drug-likeness (QED) is 0.854. The number of carbonyl (C=O) groups is 1. The van der Waals surface area contributed by atoms with Crippen LogP contribution in [0.1, 0.15) is 44.6 Å². The lowest BCUT2D eigenvalue weighted by molar-refractivity contribution is -0.120. The van der Waals surface area contributed by atoms with Crippen molar-refractivity contribution < 1.29 is 4.79 Å². The Hall–Kier alpha value is -1.51. The van der Waals surface area contributed by atoms with Crippen molar-refractivity contribution in [2.45, 2.75) is 51.5 Å². The van der Waals surface area contributed by atoms with E-state index in [0.717, 1.165) is 31.5 Å². The molecule has 1 aliphatic rings. The van der Waals surface area contributed by atoms with E-state index in [1.54, 1.807) is 0 Å². The fourth-order valence-corrected chi connectivity index (χ4v) is 2.48. The first kappa shape index (κ1) is 13.9. The normalized spacial score (nSPS) is 19.6. The molecule has 0 spiro atoms. The van der Waals surface area contributed by atoms with Gasteiger partial charge in [0.15, 0.2) is 0 Å². The molecule has 1 aromatic carbocycles. The SMILES string of the molecule is CCCCc1ccc(NC2CCCNC(=O)C2)cc1. The van der Waals surface area contributed by atoms with Gasteiger partial charge in [-0.05, 0) is 43.4 Å². The van der Waals surface area contributed by atoms with Gasteiger partial charge in [-0.25, -0.2) is 0 Å². The number of anilines is 1. The predicted octanol–water partition coefficient (Wildman–Crippen LogP) is 3.11. The van der Waals surface area contributed by atoms with Gasteiger partial charge in [-0.3, -0.25) is 4.79 Å². The third-order valence-corrected chi connectivity index (χ3v) is 3.63. The molecule has 2 rings (SSSR count). The summed E-state index contributed by atoms with van der Waals surface area (Å²) >= 11 is 0. The lowest BCUT2D eigenvalue weighted by Crippen LogP contribution is -2.26. The lowest BCUT2D eigenvalue weighted by Gasteiger charge is -2.16. The van der Waals surface area contributed by atoms with Crippen LogP contribution in [0.3, 0.4) is 0 Å². The molecule has 3 heteroatoms. The van der Waals surface area contributed by atoms with Gasteiger partial charge in [0, 0.05) is 24.7 Å². The van der Waals surface area contributed by atoms with Gasteiger partial charge < -0.3 is 10.6 Å². The van der Waals surface area contributed by atoms with E-state index in [0.29, 0.717) is 6.42 Å². The number of unbranched alkanes of at least 4 members (excludes halogenated alkanes) is 1. The van der Waals surface area contributed by atoms with Crippen LogP contribution >= 0.6 is 0 Å². The van der Waals surface area contributed by atoms with E-state index in [-0.39, 0.29) is 11.9 Å². The Morgan fingerprint density at radius 3 is 2.84 bits per heavy atom. The van der Waals surface area contributed by atoms with Gasteiger partial charge in [0.05, 0.1) is 0 Å². The minimum absolute atomic E-state index is 0.162. The summed E-state index contributed by atoms with van der Waals surface area (Å²) in [5.74, 6) is 0.162. The average Bonchev–Trinajstić information content (AvgIpc) is 2.62. The number of amides is 1. The van der Waals surface area contributed by atoms with Gasteiger partial charge in [0.1, 0.15) is 0 Å². The highest BCUT2D eigenvalue weighted by Crippen LogP contribution is 2.16. The summed E-state index contributed by atoms with van der Waals surface area (Å²) < 4.78 is 0. The molecule has 0 aliphatic carbocycles. The summed E-state index contributed by atoms with van der Waals surface area (Å²) in [4.78, 5) is 11.5. The molecule has 0 bridgehead atoms. The Morgan fingerprint density at radius 2 is 2.11 bits per heavy atom. The molecular weight excluding hydrogens is 236 g/mol. The van der Waals surface area contributed by atoms with E-state index in [4.69, 9.17) is 0 Å². The smallest absolute Gasteiger partial charge is 0.222 e. The van der Waals surface area contributed by atoms with E-state index >= 15 is 0 Å². The molecule has 1 heterocycles. The van der Waals surface area contributed by atoms with E-state index in [1.807, 2.05) is 0 Å². The molecule has 2 N–H and O–H groups in total. The maximum absolute atomic E-state index is 11.5. The highest BCUT2D eigenvalue weighted by molar-refractivity contribution is 5.77. The molecule has 1 aliphatic heterocycles. The predicted molar refractivity (Wildman–Crippen MR) is 79.3 cm³/mol. The minimum atomic E-state index is 0.162. The first-order chi connectivity index (χ1) is 9.28. The number of benzene rings is 1. The number of rotatable bonds is 5. The van der Waals surface area contributed by atoms with Crippen molar-refractivity contribution in [3.8, 4) is 0 Å². The molecule has 0 aromatic heterocycles. The fourth-order valence-electron chi connectivity index (χ4n) is 2.48. The Kier molecular flexibility index (Phi) is 5.25. The third kappa shape index (κ3) is 4.58. The minimum Gasteiger partial charge on any atom is -0.382 e. The van der Waals surface area contributed by atoms with Gasteiger partial charge in [-0.2, -0.15) is 0 Å². The van der Waals surface area contributed by atoms with Crippen molar-refractivity contribution in [1.82, 2.24) is 5.32 Å². The molecule has 0 saturated carbocycles. The Morgan fingerprint density at radius 1 is 1.32 bits per heavy atom. The average molecular weight is 260 g/mol. The number of hydrogen-bond acceptors (Lipinski definition) is 2. The van der Waals surface area contributed by atoms with Gasteiger partial charge in [0.2, 0.25) is 5.91 Å². The van der Waals surface area contributed by atoms with Gasteiger partial charge in [-0.1, -0.05) is 25.5 Å². The lowest BCUT2D eigenvalue weighted by atomic mass is 10.1. The highest BCUT2D eigenvalue weighted by atomic mass is 16.1. The zero-order valence-corrected chi connectivity index (χ0v) is 11.7. The van der Waals surface area contributed by atoms with Crippen LogP contribution in [0.15, 0.2) is 24.3 Å². The second kappa shape index (κ2) is 7.17. The zero-order valence-electron chi connectivity index (χ0n) is 11.7. The van der Waals surface area contributed by atoms with Gasteiger partial charge in [0.25, 0.3) is 0 Å². The van der Waals surface area contributed by atoms with Crippen molar-refractivity contribution in [3.05, 3.63) is 29.8 Å². The van der Waals surface area contributed by atoms with Crippen molar-refractivity contribution in [2.75, 3.05) is 11.9 Å². The summed E-state index contributed by atoms with van der Waals surface area (Å²) in [6.45, 7) is 3.03. The van der Waals surface area contributed by atoms with Crippen LogP contribution in [0, 0.1) is 0 Å². The second-order valence-electron chi connectivity index (χ2n) is 5.34. The van der Waals surface area contributed by atoms with E-state index < -0.39 is 0 Å². The van der Waals surface area contributed by atoms with Gasteiger partial charge in [-0.15, -0.1) is 0 Å². The Labute approximate surface area is 115 Å². The molecule has 1 amide bonds. The number of aryl methyl sites for hydroxylation is 1. The molecule has 1 saturated heterocycles. The van der Waals surface area contributed by atoms with E-state index in [1.165, 1.54) is 18.4 Å². The first-order valence-electron chi connectivity index (χ1n) is 7.40. The topological polar surface area (TPSA) is 41.1 Å². The number of nitrogens with one attached hydrogen (secondary N) is 2. The first-order valence-corrected chi connectivity index (χ1v) is 7.40. The van der Waals surface area contributed by atoms with Crippen LogP contribution in [-0.2, 0) is 11.2 Å². The van der Waals surface area contributed by atoms with Crippen molar-refractivity contribution in [3.63, 3.8) is 0 Å². The summed E-state index contributed by atoms with van der Waals surface area (Å²) in [5.41, 5.74) is 2.52. The molecule has 3 nitrogen and oxygen atoms in total.